The predicted molar refractivity (Wildman–Crippen MR) is 194 cm³/mol. The number of nitrogens with zero attached hydrogens (tertiary/aromatic N) is 5. The summed E-state index contributed by atoms with van der Waals surface area (Å²) in [6.45, 7) is 14.7. The molecule has 3 aromatic carbocycles. The van der Waals surface area contributed by atoms with Crippen molar-refractivity contribution in [1.29, 1.82) is 0 Å². The number of thiazole rings is 1. The lowest BCUT2D eigenvalue weighted by molar-refractivity contribution is -0.162. The van der Waals surface area contributed by atoms with E-state index in [1.807, 2.05) is 120 Å². The number of esters is 1. The smallest absolute Gasteiger partial charge is 0.330 e. The third kappa shape index (κ3) is 6.79. The maximum atomic E-state index is 14.1. The van der Waals surface area contributed by atoms with Gasteiger partial charge in [-0.2, -0.15) is 5.10 Å². The van der Waals surface area contributed by atoms with Gasteiger partial charge in [0.2, 0.25) is 0 Å². The van der Waals surface area contributed by atoms with Crippen molar-refractivity contribution < 1.29 is 19.1 Å². The predicted octanol–water partition coefficient (Wildman–Crippen LogP) is 9.09. The maximum Gasteiger partial charge on any atom is 0.330 e. The minimum Gasteiger partial charge on any atom is -0.462 e. The second-order valence-corrected chi connectivity index (χ2v) is 15.8. The Hall–Kier alpha value is -3.99. The highest BCUT2D eigenvalue weighted by atomic mass is 35.5. The number of carbonyl (C=O) groups is 2. The summed E-state index contributed by atoms with van der Waals surface area (Å²) in [5.74, 6) is -0.298. The van der Waals surface area contributed by atoms with Crippen LogP contribution in [0.15, 0.2) is 54.7 Å². The van der Waals surface area contributed by atoms with Gasteiger partial charge in [-0.3, -0.25) is 19.3 Å². The van der Waals surface area contributed by atoms with Crippen LogP contribution in [0.3, 0.4) is 0 Å². The summed E-state index contributed by atoms with van der Waals surface area (Å²) in [5, 5.41) is 6.59. The number of rotatable bonds is 7. The van der Waals surface area contributed by atoms with Gasteiger partial charge in [0.15, 0.2) is 5.13 Å². The van der Waals surface area contributed by atoms with Gasteiger partial charge in [0.25, 0.3) is 0 Å². The van der Waals surface area contributed by atoms with Gasteiger partial charge in [0, 0.05) is 41.8 Å². The molecular weight excluding hydrogens is 646 g/mol. The van der Waals surface area contributed by atoms with Crippen molar-refractivity contribution in [2.24, 2.45) is 12.5 Å². The highest BCUT2D eigenvalue weighted by Crippen LogP contribution is 2.45. The van der Waals surface area contributed by atoms with Crippen molar-refractivity contribution in [2.45, 2.75) is 66.6 Å². The minimum atomic E-state index is -0.657. The molecule has 1 fully saturated rings. The number of aromatic nitrogens is 3. The summed E-state index contributed by atoms with van der Waals surface area (Å²) in [7, 11) is 1.91. The molecule has 0 aliphatic carbocycles. The van der Waals surface area contributed by atoms with Gasteiger partial charge in [0.1, 0.15) is 12.7 Å². The summed E-state index contributed by atoms with van der Waals surface area (Å²) >= 11 is 7.82. The Labute approximate surface area is 290 Å². The first-order valence-corrected chi connectivity index (χ1v) is 17.4. The Morgan fingerprint density at radius 2 is 1.73 bits per heavy atom. The van der Waals surface area contributed by atoms with Crippen LogP contribution >= 0.6 is 22.9 Å². The molecule has 6 rings (SSSR count). The van der Waals surface area contributed by atoms with E-state index in [4.69, 9.17) is 26.1 Å². The van der Waals surface area contributed by atoms with Gasteiger partial charge in [-0.15, -0.1) is 0 Å². The second-order valence-electron chi connectivity index (χ2n) is 14.4. The largest absolute Gasteiger partial charge is 0.462 e. The fraction of sp³-hybridized carbons (Fsp3) is 0.405. The molecule has 11 heteroatoms. The number of ether oxygens (including phenoxy) is 2. The Balaban J connectivity index is 1.45. The molecule has 0 spiro atoms. The first-order chi connectivity index (χ1) is 22.6. The van der Waals surface area contributed by atoms with Crippen LogP contribution < -0.4 is 9.80 Å². The van der Waals surface area contributed by atoms with Gasteiger partial charge in [-0.25, -0.2) is 9.78 Å². The number of hydrogen-bond acceptors (Lipinski definition) is 7. The molecular formula is C37H42ClN5O4S. The topological polar surface area (TPSA) is 89.8 Å². The molecule has 5 aromatic rings. The molecule has 2 aromatic heterocycles. The van der Waals surface area contributed by atoms with E-state index in [0.717, 1.165) is 55.5 Å². The fourth-order valence-corrected chi connectivity index (χ4v) is 7.33. The van der Waals surface area contributed by atoms with E-state index in [1.54, 1.807) is 4.90 Å². The monoisotopic (exact) mass is 687 g/mol. The first-order valence-electron chi connectivity index (χ1n) is 16.2. The minimum absolute atomic E-state index is 0.0484. The van der Waals surface area contributed by atoms with Crippen LogP contribution in [0.25, 0.3) is 32.2 Å². The first kappa shape index (κ1) is 33.9. The number of amides is 2. The number of aryl methyl sites for hydroxylation is 2. The van der Waals surface area contributed by atoms with Crippen LogP contribution in [0.1, 0.15) is 65.2 Å². The van der Waals surface area contributed by atoms with Crippen molar-refractivity contribution in [2.75, 3.05) is 29.5 Å². The molecule has 0 radical (unpaired) electrons. The number of halogens is 1. The molecule has 1 aliphatic rings. The molecule has 0 unspecified atom stereocenters. The second kappa shape index (κ2) is 12.8. The van der Waals surface area contributed by atoms with Crippen molar-refractivity contribution in [3.8, 4) is 11.1 Å². The molecule has 3 heterocycles. The van der Waals surface area contributed by atoms with Crippen LogP contribution in [0.5, 0.6) is 0 Å². The van der Waals surface area contributed by atoms with Crippen LogP contribution in [-0.4, -0.2) is 52.1 Å². The van der Waals surface area contributed by atoms with E-state index >= 15 is 0 Å². The lowest BCUT2D eigenvalue weighted by Crippen LogP contribution is -2.49. The van der Waals surface area contributed by atoms with Crippen molar-refractivity contribution in [1.82, 2.24) is 14.8 Å². The quantitative estimate of drug-likeness (QED) is 0.159. The number of carbonyl (C=O) groups excluding carboxylic acids is 2. The zero-order chi connectivity index (χ0) is 34.5. The molecule has 9 nitrogen and oxygen atoms in total. The van der Waals surface area contributed by atoms with Gasteiger partial charge in [-0.1, -0.05) is 35.1 Å². The Bertz CT molecular complexity index is 2000. The third-order valence-electron chi connectivity index (χ3n) is 8.34. The van der Waals surface area contributed by atoms with Gasteiger partial charge >= 0.3 is 12.0 Å². The van der Waals surface area contributed by atoms with Crippen molar-refractivity contribution in [3.63, 3.8) is 0 Å². The van der Waals surface area contributed by atoms with Crippen molar-refractivity contribution in [3.05, 3.63) is 70.9 Å². The average Bonchev–Trinajstić information content (AvgIpc) is 3.60. The fourth-order valence-electron chi connectivity index (χ4n) is 6.06. The van der Waals surface area contributed by atoms with E-state index in [0.29, 0.717) is 23.2 Å². The van der Waals surface area contributed by atoms with E-state index in [2.05, 4.69) is 5.10 Å². The molecule has 0 saturated carbocycles. The Morgan fingerprint density at radius 3 is 2.42 bits per heavy atom. The molecule has 252 valence electrons. The standard InChI is InChI=1S/C37H42ClN5O4S/c1-22-18-27-32(48-34(40-27)43-17-9-16-42(35(43)45)26-14-15-28-24(19-26)20-39-41(28)8)31(23-10-12-25(38)13-11-23)30(22)29(47-37(5,6)7)21-46-33(44)36(2,3)4/h10-15,18-20,29H,9,16-17,21H2,1-8H3/t29-/m0/s1. The summed E-state index contributed by atoms with van der Waals surface area (Å²) < 4.78 is 15.3. The average molecular weight is 688 g/mol. The third-order valence-corrected chi connectivity index (χ3v) is 9.71. The van der Waals surface area contributed by atoms with Crippen LogP contribution in [0, 0.1) is 12.3 Å². The lowest BCUT2D eigenvalue weighted by atomic mass is 9.91. The summed E-state index contributed by atoms with van der Waals surface area (Å²) in [5.41, 5.74) is 5.15. The number of fused-ring (bicyclic) bond motifs is 2. The van der Waals surface area contributed by atoms with E-state index in [9.17, 15) is 9.59 Å². The van der Waals surface area contributed by atoms with Crippen molar-refractivity contribution >= 4 is 66.9 Å². The zero-order valence-electron chi connectivity index (χ0n) is 28.8. The number of urea groups is 1. The SMILES string of the molecule is Cc1cc2nc(N3CCCN(c4ccc5c(cnn5C)c4)C3=O)sc2c(-c2ccc(Cl)cc2)c1[C@H](COC(=O)C(C)(C)C)OC(C)(C)C. The van der Waals surface area contributed by atoms with Crippen LogP contribution in [-0.2, 0) is 21.3 Å². The highest BCUT2D eigenvalue weighted by molar-refractivity contribution is 7.23. The highest BCUT2D eigenvalue weighted by Gasteiger charge is 2.33. The molecule has 2 amide bonds. The molecule has 1 aliphatic heterocycles. The lowest BCUT2D eigenvalue weighted by Gasteiger charge is -2.34. The maximum absolute atomic E-state index is 14.1. The number of hydrogen-bond donors (Lipinski definition) is 0. The summed E-state index contributed by atoms with van der Waals surface area (Å²) in [6, 6.07) is 15.6. The normalized spacial score (nSPS) is 15.1. The zero-order valence-corrected chi connectivity index (χ0v) is 30.3. The van der Waals surface area contributed by atoms with E-state index in [-0.39, 0.29) is 18.6 Å². The van der Waals surface area contributed by atoms with Gasteiger partial charge in [-0.05, 0) is 108 Å². The summed E-state index contributed by atoms with van der Waals surface area (Å²) in [6.07, 6.45) is 2.05. The molecule has 0 bridgehead atoms. The Kier molecular flexibility index (Phi) is 9.04. The van der Waals surface area contributed by atoms with Gasteiger partial charge < -0.3 is 9.47 Å². The molecule has 0 N–H and O–H groups in total. The van der Waals surface area contributed by atoms with Gasteiger partial charge in [0.05, 0.1) is 32.9 Å². The number of benzene rings is 3. The molecule has 48 heavy (non-hydrogen) atoms. The molecule has 1 saturated heterocycles. The van der Waals surface area contributed by atoms with E-state index < -0.39 is 17.1 Å². The number of anilines is 2. The summed E-state index contributed by atoms with van der Waals surface area (Å²) in [4.78, 5) is 35.6. The van der Waals surface area contributed by atoms with E-state index in [1.165, 1.54) is 11.3 Å². The van der Waals surface area contributed by atoms with Crippen LogP contribution in [0.2, 0.25) is 5.02 Å². The Morgan fingerprint density at radius 1 is 1.02 bits per heavy atom. The van der Waals surface area contributed by atoms with Crippen LogP contribution in [0.4, 0.5) is 15.6 Å². The molecule has 1 atom stereocenters.